The van der Waals surface area contributed by atoms with Gasteiger partial charge in [-0.15, -0.1) is 0 Å². The summed E-state index contributed by atoms with van der Waals surface area (Å²) in [5.74, 6) is 2.42. The van der Waals surface area contributed by atoms with E-state index in [-0.39, 0.29) is 52.2 Å². The summed E-state index contributed by atoms with van der Waals surface area (Å²) in [6, 6.07) is 13.7. The van der Waals surface area contributed by atoms with Crippen molar-refractivity contribution in [1.29, 1.82) is 0 Å². The van der Waals surface area contributed by atoms with Crippen molar-refractivity contribution in [2.24, 2.45) is 23.7 Å². The fourth-order valence-corrected chi connectivity index (χ4v) is 4.11. The molecular formula is C28H28O4Rh2-2. The van der Waals surface area contributed by atoms with Gasteiger partial charge in [-0.25, -0.2) is 24.3 Å². The van der Waals surface area contributed by atoms with Crippen LogP contribution in [-0.2, 0) is 48.4 Å². The maximum Gasteiger partial charge on any atom is 0.281 e. The summed E-state index contributed by atoms with van der Waals surface area (Å²) < 4.78 is 9.88. The Labute approximate surface area is 227 Å². The van der Waals surface area contributed by atoms with E-state index in [1.165, 1.54) is 12.8 Å². The van der Waals surface area contributed by atoms with Crippen LogP contribution in [0.25, 0.3) is 0 Å². The molecule has 0 fully saturated rings. The Morgan fingerprint density at radius 2 is 0.824 bits per heavy atom. The molecule has 4 nitrogen and oxygen atoms in total. The molecule has 4 bridgehead atoms. The molecule has 0 saturated heterocycles. The summed E-state index contributed by atoms with van der Waals surface area (Å²) in [5.41, 5.74) is 0.995. The van der Waals surface area contributed by atoms with E-state index in [2.05, 4.69) is 48.6 Å². The Kier molecular flexibility index (Phi) is 11.8. The van der Waals surface area contributed by atoms with Gasteiger partial charge in [0.25, 0.3) is 11.9 Å². The fourth-order valence-electron chi connectivity index (χ4n) is 4.11. The molecule has 0 saturated carbocycles. The van der Waals surface area contributed by atoms with Crippen molar-refractivity contribution in [2.45, 2.75) is 12.8 Å². The third-order valence-corrected chi connectivity index (χ3v) is 5.86. The molecule has 2 aromatic carbocycles. The predicted octanol–water partition coefficient (Wildman–Crippen LogP) is 5.63. The minimum absolute atomic E-state index is 0. The van der Waals surface area contributed by atoms with Gasteiger partial charge < -0.3 is 9.47 Å². The predicted molar refractivity (Wildman–Crippen MR) is 124 cm³/mol. The van der Waals surface area contributed by atoms with Crippen molar-refractivity contribution >= 4 is 11.9 Å². The van der Waals surface area contributed by atoms with Gasteiger partial charge in [-0.05, 0) is 36.5 Å². The number of rotatable bonds is 5. The molecule has 184 valence electrons. The van der Waals surface area contributed by atoms with Crippen LogP contribution >= 0.6 is 0 Å². The molecule has 0 aliphatic heterocycles. The van der Waals surface area contributed by atoms with Gasteiger partial charge in [0.2, 0.25) is 0 Å². The van der Waals surface area contributed by atoms with Crippen LogP contribution < -0.4 is 0 Å². The topological polar surface area (TPSA) is 52.6 Å². The maximum atomic E-state index is 11.4. The van der Waals surface area contributed by atoms with E-state index in [0.29, 0.717) is 11.1 Å². The Morgan fingerprint density at radius 1 is 0.559 bits per heavy atom. The van der Waals surface area contributed by atoms with Crippen LogP contribution in [0.2, 0.25) is 0 Å². The first kappa shape index (κ1) is 28.1. The zero-order chi connectivity index (χ0) is 22.2. The van der Waals surface area contributed by atoms with Gasteiger partial charge >= 0.3 is 0 Å². The van der Waals surface area contributed by atoms with Crippen molar-refractivity contribution in [1.82, 2.24) is 0 Å². The molecule has 4 aliphatic rings. The first-order valence-electron chi connectivity index (χ1n) is 11.2. The minimum atomic E-state index is -0.413. The van der Waals surface area contributed by atoms with Crippen molar-refractivity contribution in [2.75, 3.05) is 13.2 Å². The monoisotopic (exact) mass is 634 g/mol. The molecule has 34 heavy (non-hydrogen) atoms. The Bertz CT molecular complexity index is 861. The molecule has 6 heteroatoms. The molecule has 0 aromatic heterocycles. The Hall–Kier alpha value is -2.15. The number of carbonyl (C=O) groups excluding carboxylic acids is 2. The van der Waals surface area contributed by atoms with Crippen LogP contribution in [0.3, 0.4) is 0 Å². The fraction of sp³-hybridized carbons (Fsp3) is 0.286. The number of allylic oxidation sites excluding steroid dienone is 8. The van der Waals surface area contributed by atoms with Gasteiger partial charge in [0.1, 0.15) is 13.2 Å². The second kappa shape index (κ2) is 14.3. The number of hydrogen-bond acceptors (Lipinski definition) is 4. The summed E-state index contributed by atoms with van der Waals surface area (Å²) in [6.07, 6.45) is 21.1. The largest absolute Gasteiger partial charge is 0.468 e. The molecule has 2 radical (unpaired) electrons. The van der Waals surface area contributed by atoms with E-state index in [0.717, 1.165) is 23.7 Å². The number of hydrogen-bond donors (Lipinski definition) is 0. The van der Waals surface area contributed by atoms with Crippen molar-refractivity contribution < 1.29 is 58.0 Å². The van der Waals surface area contributed by atoms with Crippen molar-refractivity contribution in [3.05, 3.63) is 108 Å². The van der Waals surface area contributed by atoms with E-state index in [9.17, 15) is 9.59 Å². The van der Waals surface area contributed by atoms with Crippen LogP contribution in [0.4, 0.5) is 0 Å². The number of ether oxygens (including phenoxy) is 2. The molecule has 0 N–H and O–H groups in total. The first-order valence-corrected chi connectivity index (χ1v) is 11.2. The van der Waals surface area contributed by atoms with Crippen LogP contribution in [0.1, 0.15) is 33.6 Å². The third kappa shape index (κ3) is 8.26. The average Bonchev–Trinajstić information content (AvgIpc) is 3.68. The smallest absolute Gasteiger partial charge is 0.281 e. The quantitative estimate of drug-likeness (QED) is 0.141. The average molecular weight is 634 g/mol. The summed E-state index contributed by atoms with van der Waals surface area (Å²) in [4.78, 5) is 22.8. The van der Waals surface area contributed by atoms with Crippen LogP contribution in [-0.4, -0.2) is 25.2 Å². The number of carbonyl (C=O) groups is 2. The van der Waals surface area contributed by atoms with E-state index in [1.54, 1.807) is 48.5 Å². The normalized spacial score (nSPS) is 23.2. The van der Waals surface area contributed by atoms with Gasteiger partial charge in [0.15, 0.2) is 0 Å². The first-order chi connectivity index (χ1) is 15.7. The van der Waals surface area contributed by atoms with Gasteiger partial charge in [-0.3, -0.25) is 9.59 Å². The Balaban J connectivity index is 0.000000208. The molecule has 4 aliphatic carbocycles. The summed E-state index contributed by atoms with van der Waals surface area (Å²) in [5, 5.41) is 0. The molecule has 0 unspecified atom stereocenters. The Morgan fingerprint density at radius 3 is 1.03 bits per heavy atom. The SMILES string of the molecule is C1=CC2C=CC1C2.C1=CC2C=CC1C2.O=C(OCCOC(=O)[c-]1cccc1)[c-]1cccc1.[Rh].[Rh]. The van der Waals surface area contributed by atoms with Gasteiger partial charge in [0.05, 0.1) is 0 Å². The molecule has 6 rings (SSSR count). The van der Waals surface area contributed by atoms with Gasteiger partial charge in [0, 0.05) is 39.0 Å². The van der Waals surface area contributed by atoms with Crippen molar-refractivity contribution in [3.8, 4) is 0 Å². The molecule has 0 heterocycles. The van der Waals surface area contributed by atoms with Crippen molar-refractivity contribution in [3.63, 3.8) is 0 Å². The molecule has 0 spiro atoms. The molecular weight excluding hydrogens is 606 g/mol. The molecule has 2 aromatic rings. The van der Waals surface area contributed by atoms with Gasteiger partial charge in [-0.1, -0.05) is 59.7 Å². The van der Waals surface area contributed by atoms with E-state index >= 15 is 0 Å². The zero-order valence-electron chi connectivity index (χ0n) is 18.7. The second-order valence-corrected chi connectivity index (χ2v) is 8.29. The van der Waals surface area contributed by atoms with Crippen LogP contribution in [0, 0.1) is 23.7 Å². The van der Waals surface area contributed by atoms with Gasteiger partial charge in [-0.2, -0.15) is 24.3 Å². The number of esters is 2. The number of fused-ring (bicyclic) bond motifs is 4. The maximum absolute atomic E-state index is 11.4. The van der Waals surface area contributed by atoms with E-state index < -0.39 is 11.9 Å². The second-order valence-electron chi connectivity index (χ2n) is 8.29. The zero-order valence-corrected chi connectivity index (χ0v) is 22.0. The van der Waals surface area contributed by atoms with E-state index in [4.69, 9.17) is 9.47 Å². The summed E-state index contributed by atoms with van der Waals surface area (Å²) in [6.45, 7) is 0.104. The molecule has 0 atom stereocenters. The minimum Gasteiger partial charge on any atom is -0.468 e. The molecule has 0 amide bonds. The summed E-state index contributed by atoms with van der Waals surface area (Å²) in [7, 11) is 0. The van der Waals surface area contributed by atoms with Crippen LogP contribution in [0.15, 0.2) is 97.1 Å². The third-order valence-electron chi connectivity index (χ3n) is 5.86. The van der Waals surface area contributed by atoms with Crippen LogP contribution in [0.5, 0.6) is 0 Å². The van der Waals surface area contributed by atoms with E-state index in [1.807, 2.05) is 0 Å². The summed E-state index contributed by atoms with van der Waals surface area (Å²) >= 11 is 0. The standard InChI is InChI=1S/C14H12O4.2C7H8.2Rh/c15-13(11-5-1-2-6-11)17-9-10-18-14(16)12-7-3-4-8-12;2*1-2-7-4-3-6(1)5-7;;/h1-8H,9-10H2;2*1-4,6-7H,5H2;;/q-2;;;;.